The first-order chi connectivity index (χ1) is 9.17. The molecule has 0 radical (unpaired) electrons. The summed E-state index contributed by atoms with van der Waals surface area (Å²) in [5, 5.41) is 0. The van der Waals surface area contributed by atoms with Crippen LogP contribution in [0.15, 0.2) is 18.2 Å². The smallest absolute Gasteiger partial charge is 0.111 e. The van der Waals surface area contributed by atoms with Gasteiger partial charge in [-0.15, -0.1) is 11.6 Å². The molecule has 0 bridgehead atoms. The van der Waals surface area contributed by atoms with Crippen LogP contribution in [0.25, 0.3) is 11.0 Å². The molecule has 1 aromatic heterocycles. The quantitative estimate of drug-likeness (QED) is 0.746. The molecule has 0 spiro atoms. The monoisotopic (exact) mass is 296 g/mol. The van der Waals surface area contributed by atoms with Gasteiger partial charge in [0.05, 0.1) is 11.0 Å². The Balaban J connectivity index is 2.43. The van der Waals surface area contributed by atoms with Gasteiger partial charge in [0.15, 0.2) is 0 Å². The molecule has 0 saturated carbocycles. The van der Waals surface area contributed by atoms with Gasteiger partial charge in [0.1, 0.15) is 5.82 Å². The van der Waals surface area contributed by atoms with Crippen LogP contribution in [0.5, 0.6) is 0 Å². The number of benzene rings is 1. The first-order valence-electron chi connectivity index (χ1n) is 6.67. The molecule has 2 nitrogen and oxygen atoms in total. The van der Waals surface area contributed by atoms with Crippen LogP contribution in [0.3, 0.4) is 0 Å². The van der Waals surface area contributed by atoms with Crippen molar-refractivity contribution in [2.24, 2.45) is 5.92 Å². The van der Waals surface area contributed by atoms with E-state index in [2.05, 4.69) is 42.9 Å². The van der Waals surface area contributed by atoms with E-state index in [1.54, 1.807) is 0 Å². The number of thioether (sulfide) groups is 1. The predicted octanol–water partition coefficient (Wildman–Crippen LogP) is 4.13. The van der Waals surface area contributed by atoms with E-state index in [0.29, 0.717) is 11.8 Å². The van der Waals surface area contributed by atoms with E-state index in [-0.39, 0.29) is 0 Å². The lowest BCUT2D eigenvalue weighted by atomic mass is 10.2. The van der Waals surface area contributed by atoms with Crippen molar-refractivity contribution in [3.63, 3.8) is 0 Å². The summed E-state index contributed by atoms with van der Waals surface area (Å²) in [6.07, 6.45) is 2.99. The third kappa shape index (κ3) is 3.26. The Morgan fingerprint density at radius 1 is 1.42 bits per heavy atom. The van der Waals surface area contributed by atoms with Crippen molar-refractivity contribution in [2.45, 2.75) is 26.8 Å². The zero-order valence-electron chi connectivity index (χ0n) is 11.8. The normalized spacial score (nSPS) is 13.1. The highest BCUT2D eigenvalue weighted by molar-refractivity contribution is 7.98. The Hall–Kier alpha value is -0.670. The van der Waals surface area contributed by atoms with Crippen molar-refractivity contribution in [2.75, 3.05) is 17.9 Å². The fraction of sp³-hybridized carbons (Fsp3) is 0.533. The first kappa shape index (κ1) is 14.7. The molecule has 0 N–H and O–H groups in total. The van der Waals surface area contributed by atoms with Crippen LogP contribution in [-0.2, 0) is 13.0 Å². The van der Waals surface area contributed by atoms with Crippen LogP contribution >= 0.6 is 23.4 Å². The second-order valence-electron chi connectivity index (χ2n) is 5.08. The van der Waals surface area contributed by atoms with Gasteiger partial charge in [-0.1, -0.05) is 19.1 Å². The maximum Gasteiger partial charge on any atom is 0.111 e. The standard InChI is InChI=1S/C15H21ClN2S/c1-11(10-19-3)9-18-13-6-4-5-12(2)15(13)17-14(18)7-8-16/h4-6,11H,7-10H2,1-3H3. The zero-order chi connectivity index (χ0) is 13.8. The van der Waals surface area contributed by atoms with Crippen molar-refractivity contribution in [1.82, 2.24) is 9.55 Å². The Bertz CT molecular complexity index is 550. The highest BCUT2D eigenvalue weighted by Crippen LogP contribution is 2.22. The zero-order valence-corrected chi connectivity index (χ0v) is 13.4. The van der Waals surface area contributed by atoms with Crippen molar-refractivity contribution in [3.8, 4) is 0 Å². The van der Waals surface area contributed by atoms with E-state index < -0.39 is 0 Å². The van der Waals surface area contributed by atoms with Crippen molar-refractivity contribution in [3.05, 3.63) is 29.6 Å². The largest absolute Gasteiger partial charge is 0.328 e. The molecular formula is C15H21ClN2S. The van der Waals surface area contributed by atoms with Crippen LogP contribution in [0.1, 0.15) is 18.3 Å². The van der Waals surface area contributed by atoms with E-state index in [1.807, 2.05) is 11.8 Å². The average molecular weight is 297 g/mol. The molecule has 2 rings (SSSR count). The number of aromatic nitrogens is 2. The summed E-state index contributed by atoms with van der Waals surface area (Å²) in [4.78, 5) is 4.79. The van der Waals surface area contributed by atoms with Gasteiger partial charge in [0.25, 0.3) is 0 Å². The highest BCUT2D eigenvalue weighted by Gasteiger charge is 2.13. The molecule has 1 aromatic carbocycles. The number of imidazole rings is 1. The molecule has 2 aromatic rings. The summed E-state index contributed by atoms with van der Waals surface area (Å²) in [6.45, 7) is 5.44. The Labute approximate surface area is 124 Å². The van der Waals surface area contributed by atoms with Gasteiger partial charge in [-0.2, -0.15) is 11.8 Å². The summed E-state index contributed by atoms with van der Waals surface area (Å²) in [5.41, 5.74) is 3.61. The van der Waals surface area contributed by atoms with Gasteiger partial charge in [0, 0.05) is 18.8 Å². The molecule has 0 saturated heterocycles. The van der Waals surface area contributed by atoms with Crippen LogP contribution in [0.2, 0.25) is 0 Å². The number of aryl methyl sites for hydroxylation is 2. The molecule has 4 heteroatoms. The minimum absolute atomic E-state index is 0.624. The van der Waals surface area contributed by atoms with Gasteiger partial charge < -0.3 is 4.57 Å². The van der Waals surface area contributed by atoms with Crippen LogP contribution in [0, 0.1) is 12.8 Å². The Morgan fingerprint density at radius 3 is 2.89 bits per heavy atom. The minimum atomic E-state index is 0.624. The molecule has 0 aliphatic rings. The number of hydrogen-bond donors (Lipinski definition) is 0. The summed E-state index contributed by atoms with van der Waals surface area (Å²) >= 11 is 7.82. The maximum atomic E-state index is 5.92. The number of rotatable bonds is 6. The van der Waals surface area contributed by atoms with Gasteiger partial charge in [0.2, 0.25) is 0 Å². The topological polar surface area (TPSA) is 17.8 Å². The molecule has 1 unspecified atom stereocenters. The lowest BCUT2D eigenvalue weighted by molar-refractivity contribution is 0.526. The van der Waals surface area contributed by atoms with Gasteiger partial charge in [-0.05, 0) is 36.5 Å². The highest BCUT2D eigenvalue weighted by atomic mass is 35.5. The minimum Gasteiger partial charge on any atom is -0.328 e. The van der Waals surface area contributed by atoms with Crippen LogP contribution in [0.4, 0.5) is 0 Å². The van der Waals surface area contributed by atoms with Crippen LogP contribution < -0.4 is 0 Å². The lowest BCUT2D eigenvalue weighted by Crippen LogP contribution is -2.13. The summed E-state index contributed by atoms with van der Waals surface area (Å²) in [7, 11) is 0. The molecule has 104 valence electrons. The lowest BCUT2D eigenvalue weighted by Gasteiger charge is -2.14. The van der Waals surface area contributed by atoms with Gasteiger partial charge in [-0.25, -0.2) is 4.98 Å². The van der Waals surface area contributed by atoms with E-state index in [1.165, 1.54) is 16.8 Å². The van der Waals surface area contributed by atoms with E-state index >= 15 is 0 Å². The average Bonchev–Trinajstić information content (AvgIpc) is 2.71. The van der Waals surface area contributed by atoms with Crippen LogP contribution in [-0.4, -0.2) is 27.4 Å². The predicted molar refractivity (Wildman–Crippen MR) is 86.4 cm³/mol. The molecule has 1 heterocycles. The van der Waals surface area contributed by atoms with Crippen molar-refractivity contribution in [1.29, 1.82) is 0 Å². The Morgan fingerprint density at radius 2 is 2.21 bits per heavy atom. The number of para-hydroxylation sites is 1. The van der Waals surface area contributed by atoms with Crippen molar-refractivity contribution >= 4 is 34.4 Å². The van der Waals surface area contributed by atoms with Gasteiger partial charge >= 0.3 is 0 Å². The second kappa shape index (κ2) is 6.67. The molecule has 0 amide bonds. The molecular weight excluding hydrogens is 276 g/mol. The molecule has 1 atom stereocenters. The third-order valence-electron chi connectivity index (χ3n) is 3.32. The maximum absolute atomic E-state index is 5.92. The van der Waals surface area contributed by atoms with E-state index in [0.717, 1.165) is 24.3 Å². The van der Waals surface area contributed by atoms with Crippen molar-refractivity contribution < 1.29 is 0 Å². The number of halogens is 1. The van der Waals surface area contributed by atoms with E-state index in [9.17, 15) is 0 Å². The molecule has 0 aliphatic carbocycles. The molecule has 0 fully saturated rings. The SMILES string of the molecule is CSCC(C)Cn1c(CCCl)nc2c(C)cccc21. The summed E-state index contributed by atoms with van der Waals surface area (Å²) in [6, 6.07) is 6.40. The first-order valence-corrected chi connectivity index (χ1v) is 8.59. The number of nitrogens with zero attached hydrogens (tertiary/aromatic N) is 2. The second-order valence-corrected chi connectivity index (χ2v) is 6.37. The Kier molecular flexibility index (Phi) is 5.17. The van der Waals surface area contributed by atoms with E-state index in [4.69, 9.17) is 16.6 Å². The summed E-state index contributed by atoms with van der Waals surface area (Å²) in [5.74, 6) is 3.56. The van der Waals surface area contributed by atoms with Gasteiger partial charge in [-0.3, -0.25) is 0 Å². The number of hydrogen-bond acceptors (Lipinski definition) is 2. The summed E-state index contributed by atoms with van der Waals surface area (Å²) < 4.78 is 2.35. The molecule has 0 aliphatic heterocycles. The number of fused-ring (bicyclic) bond motifs is 1. The third-order valence-corrected chi connectivity index (χ3v) is 4.41. The fourth-order valence-corrected chi connectivity index (χ4v) is 3.31. The fourth-order valence-electron chi connectivity index (χ4n) is 2.46. The molecule has 19 heavy (non-hydrogen) atoms. The number of alkyl halides is 1.